The zero-order valence-electron chi connectivity index (χ0n) is 14.1. The minimum atomic E-state index is -2.96. The van der Waals surface area contributed by atoms with Crippen molar-refractivity contribution in [2.45, 2.75) is 19.4 Å². The van der Waals surface area contributed by atoms with E-state index in [2.05, 4.69) is 12.0 Å². The standard InChI is InChI=1S/C21H21ClNOP/c1-2-21(17-13-15-18(22)16-14-17)23-25(24,19-9-5-3-6-10-19)20-11-7-4-8-12-20/h3-16,21H,2H2,1H3,(H,23,24)/t21-/m1/s1. The highest BCUT2D eigenvalue weighted by Gasteiger charge is 2.29. The number of rotatable bonds is 6. The molecule has 3 aromatic rings. The summed E-state index contributed by atoms with van der Waals surface area (Å²) in [7, 11) is -2.96. The Morgan fingerprint density at radius 3 is 1.76 bits per heavy atom. The molecule has 0 amide bonds. The normalized spacial score (nSPS) is 12.7. The van der Waals surface area contributed by atoms with Gasteiger partial charge in [-0.15, -0.1) is 0 Å². The molecule has 0 spiro atoms. The minimum absolute atomic E-state index is 0.0245. The summed E-state index contributed by atoms with van der Waals surface area (Å²) in [6.07, 6.45) is 0.825. The Morgan fingerprint density at radius 2 is 1.32 bits per heavy atom. The Bertz CT molecular complexity index is 807. The summed E-state index contributed by atoms with van der Waals surface area (Å²) in [5.74, 6) is 0. The van der Waals surface area contributed by atoms with Crippen LogP contribution >= 0.6 is 18.9 Å². The predicted molar refractivity (Wildman–Crippen MR) is 107 cm³/mol. The molecule has 0 radical (unpaired) electrons. The lowest BCUT2D eigenvalue weighted by Crippen LogP contribution is -2.30. The average molecular weight is 370 g/mol. The molecule has 0 bridgehead atoms. The van der Waals surface area contributed by atoms with Crippen LogP contribution in [0.15, 0.2) is 84.9 Å². The van der Waals surface area contributed by atoms with Gasteiger partial charge in [-0.2, -0.15) is 0 Å². The molecule has 0 unspecified atom stereocenters. The van der Waals surface area contributed by atoms with Crippen LogP contribution in [0.1, 0.15) is 24.9 Å². The second-order valence-corrected chi connectivity index (χ2v) is 8.87. The summed E-state index contributed by atoms with van der Waals surface area (Å²) in [4.78, 5) is 0. The van der Waals surface area contributed by atoms with Gasteiger partial charge in [0.2, 0.25) is 7.29 Å². The molecule has 1 atom stereocenters. The van der Waals surface area contributed by atoms with Crippen molar-refractivity contribution in [3.63, 3.8) is 0 Å². The Kier molecular flexibility index (Phi) is 5.75. The van der Waals surface area contributed by atoms with Crippen molar-refractivity contribution in [1.29, 1.82) is 0 Å². The number of benzene rings is 3. The molecule has 0 saturated heterocycles. The summed E-state index contributed by atoms with van der Waals surface area (Å²) in [6.45, 7) is 2.09. The number of hydrogen-bond donors (Lipinski definition) is 1. The second-order valence-electron chi connectivity index (χ2n) is 5.92. The van der Waals surface area contributed by atoms with E-state index in [1.54, 1.807) is 0 Å². The molecule has 25 heavy (non-hydrogen) atoms. The van der Waals surface area contributed by atoms with Crippen molar-refractivity contribution < 1.29 is 4.57 Å². The maximum Gasteiger partial charge on any atom is 0.205 e. The Morgan fingerprint density at radius 1 is 0.840 bits per heavy atom. The molecular formula is C21H21ClNOP. The molecule has 0 saturated carbocycles. The van der Waals surface area contributed by atoms with Crippen LogP contribution < -0.4 is 15.7 Å². The van der Waals surface area contributed by atoms with Gasteiger partial charge in [-0.3, -0.25) is 9.65 Å². The second kappa shape index (κ2) is 8.01. The van der Waals surface area contributed by atoms with E-state index in [0.29, 0.717) is 5.02 Å². The van der Waals surface area contributed by atoms with Crippen LogP contribution in [0.5, 0.6) is 0 Å². The molecule has 0 aromatic heterocycles. The Balaban J connectivity index is 2.03. The predicted octanol–water partition coefficient (Wildman–Crippen LogP) is 5.31. The number of halogens is 1. The maximum absolute atomic E-state index is 14.1. The molecule has 0 fully saturated rings. The van der Waals surface area contributed by atoms with Crippen LogP contribution in [0.3, 0.4) is 0 Å². The molecule has 128 valence electrons. The molecule has 2 nitrogen and oxygen atoms in total. The fourth-order valence-corrected chi connectivity index (χ4v) is 5.57. The first-order chi connectivity index (χ1) is 12.1. The third-order valence-corrected chi connectivity index (χ3v) is 7.24. The highest BCUT2D eigenvalue weighted by molar-refractivity contribution is 7.76. The van der Waals surface area contributed by atoms with Crippen LogP contribution in [0, 0.1) is 0 Å². The smallest absolute Gasteiger partial charge is 0.205 e. The first-order valence-corrected chi connectivity index (χ1v) is 10.5. The zero-order valence-corrected chi connectivity index (χ0v) is 15.8. The van der Waals surface area contributed by atoms with Gasteiger partial charge < -0.3 is 0 Å². The molecule has 3 aromatic carbocycles. The number of hydrogen-bond acceptors (Lipinski definition) is 1. The average Bonchev–Trinajstić information content (AvgIpc) is 2.68. The van der Waals surface area contributed by atoms with E-state index in [1.807, 2.05) is 84.9 Å². The summed E-state index contributed by atoms with van der Waals surface area (Å²) < 4.78 is 14.1. The Labute approximate surface area is 154 Å². The Hall–Kier alpha value is -1.86. The van der Waals surface area contributed by atoms with Gasteiger partial charge in [-0.05, 0) is 48.4 Å². The van der Waals surface area contributed by atoms with E-state index in [0.717, 1.165) is 22.6 Å². The van der Waals surface area contributed by atoms with Gasteiger partial charge in [0, 0.05) is 21.7 Å². The summed E-state index contributed by atoms with van der Waals surface area (Å²) >= 11 is 6.01. The third-order valence-electron chi connectivity index (χ3n) is 4.26. The molecule has 0 aliphatic heterocycles. The fraction of sp³-hybridized carbons (Fsp3) is 0.143. The lowest BCUT2D eigenvalue weighted by atomic mass is 10.1. The van der Waals surface area contributed by atoms with Crippen LogP contribution in [-0.4, -0.2) is 0 Å². The van der Waals surface area contributed by atoms with E-state index < -0.39 is 7.29 Å². The lowest BCUT2D eigenvalue weighted by molar-refractivity contribution is 0.555. The van der Waals surface area contributed by atoms with Crippen molar-refractivity contribution in [2.24, 2.45) is 0 Å². The monoisotopic (exact) mass is 369 g/mol. The van der Waals surface area contributed by atoms with E-state index in [1.165, 1.54) is 0 Å². The molecule has 1 N–H and O–H groups in total. The third kappa shape index (κ3) is 4.04. The molecule has 0 aliphatic rings. The SMILES string of the molecule is CC[C@@H](NP(=O)(c1ccccc1)c1ccccc1)c1ccc(Cl)cc1. The zero-order chi connectivity index (χ0) is 17.7. The summed E-state index contributed by atoms with van der Waals surface area (Å²) in [5, 5.41) is 5.79. The lowest BCUT2D eigenvalue weighted by Gasteiger charge is -2.26. The van der Waals surface area contributed by atoms with Crippen LogP contribution in [0.4, 0.5) is 0 Å². The highest BCUT2D eigenvalue weighted by Crippen LogP contribution is 2.42. The first kappa shape index (κ1) is 17.9. The van der Waals surface area contributed by atoms with Gasteiger partial charge in [0.25, 0.3) is 0 Å². The van der Waals surface area contributed by atoms with Crippen molar-refractivity contribution in [1.82, 2.24) is 5.09 Å². The summed E-state index contributed by atoms with van der Waals surface area (Å²) in [6, 6.07) is 27.0. The topological polar surface area (TPSA) is 29.1 Å². The van der Waals surface area contributed by atoms with E-state index in [-0.39, 0.29) is 6.04 Å². The van der Waals surface area contributed by atoms with E-state index >= 15 is 0 Å². The fourth-order valence-electron chi connectivity index (χ4n) is 2.89. The van der Waals surface area contributed by atoms with E-state index in [4.69, 9.17) is 11.6 Å². The van der Waals surface area contributed by atoms with Crippen molar-refractivity contribution in [3.05, 3.63) is 95.5 Å². The van der Waals surface area contributed by atoms with Gasteiger partial charge in [0.05, 0.1) is 0 Å². The summed E-state index contributed by atoms with van der Waals surface area (Å²) in [5.41, 5.74) is 1.08. The molecule has 0 heterocycles. The van der Waals surface area contributed by atoms with Crippen LogP contribution in [0.25, 0.3) is 0 Å². The maximum atomic E-state index is 14.1. The highest BCUT2D eigenvalue weighted by atomic mass is 35.5. The molecule has 3 rings (SSSR count). The van der Waals surface area contributed by atoms with Crippen molar-refractivity contribution in [2.75, 3.05) is 0 Å². The van der Waals surface area contributed by atoms with Gasteiger partial charge in [0.1, 0.15) is 0 Å². The van der Waals surface area contributed by atoms with Gasteiger partial charge >= 0.3 is 0 Å². The first-order valence-electron chi connectivity index (χ1n) is 8.38. The molecule has 0 aliphatic carbocycles. The number of nitrogens with one attached hydrogen (secondary N) is 1. The van der Waals surface area contributed by atoms with Gasteiger partial charge in [-0.1, -0.05) is 67.1 Å². The van der Waals surface area contributed by atoms with E-state index in [9.17, 15) is 4.57 Å². The van der Waals surface area contributed by atoms with Crippen molar-refractivity contribution in [3.8, 4) is 0 Å². The minimum Gasteiger partial charge on any atom is -0.297 e. The van der Waals surface area contributed by atoms with Crippen molar-refractivity contribution >= 4 is 29.5 Å². The molecular weight excluding hydrogens is 349 g/mol. The van der Waals surface area contributed by atoms with Crippen LogP contribution in [-0.2, 0) is 4.57 Å². The van der Waals surface area contributed by atoms with Gasteiger partial charge in [0.15, 0.2) is 0 Å². The quantitative estimate of drug-likeness (QED) is 0.596. The largest absolute Gasteiger partial charge is 0.297 e. The van der Waals surface area contributed by atoms with Crippen LogP contribution in [0.2, 0.25) is 5.02 Å². The van der Waals surface area contributed by atoms with Gasteiger partial charge in [-0.25, -0.2) is 0 Å². The molecule has 4 heteroatoms.